The predicted molar refractivity (Wildman–Crippen MR) is 59.2 cm³/mol. The summed E-state index contributed by atoms with van der Waals surface area (Å²) < 4.78 is 5.27. The first-order valence-corrected chi connectivity index (χ1v) is 5.66. The van der Waals surface area contributed by atoms with E-state index in [1.165, 1.54) is 11.3 Å². The summed E-state index contributed by atoms with van der Waals surface area (Å²) in [6.07, 6.45) is 1.67. The number of hydrogen-bond donors (Lipinski definition) is 2. The molecule has 1 fully saturated rings. The molecule has 5 nitrogen and oxygen atoms in total. The topological polar surface area (TPSA) is 75.2 Å². The van der Waals surface area contributed by atoms with E-state index in [4.69, 9.17) is 15.9 Å². The Kier molecular flexibility index (Phi) is 3.30. The molecule has 1 aliphatic heterocycles. The van der Waals surface area contributed by atoms with Gasteiger partial charge in [0.1, 0.15) is 10.8 Å². The molecule has 3 N–H and O–H groups in total. The molecule has 0 unspecified atom stereocenters. The highest BCUT2D eigenvalue weighted by Crippen LogP contribution is 2.14. The number of hydrogen-bond acceptors (Lipinski definition) is 5. The number of nitrogens with two attached hydrogens (primary N) is 1. The van der Waals surface area contributed by atoms with Gasteiger partial charge in [-0.05, 0) is 0 Å². The zero-order chi connectivity index (χ0) is 10.7. The third kappa shape index (κ3) is 2.74. The van der Waals surface area contributed by atoms with E-state index in [2.05, 4.69) is 9.88 Å². The minimum absolute atomic E-state index is 0.0979. The molecule has 0 bridgehead atoms. The Morgan fingerprint density at radius 2 is 2.33 bits per heavy atom. The van der Waals surface area contributed by atoms with Gasteiger partial charge < -0.3 is 10.5 Å². The molecule has 0 amide bonds. The average molecular weight is 226 g/mol. The Morgan fingerprint density at radius 1 is 1.60 bits per heavy atom. The number of rotatable bonds is 3. The van der Waals surface area contributed by atoms with E-state index >= 15 is 0 Å². The third-order valence-electron chi connectivity index (χ3n) is 2.28. The molecular formula is C9H14N4OS. The minimum atomic E-state index is 0.0979. The monoisotopic (exact) mass is 226 g/mol. The molecule has 2 rings (SSSR count). The fourth-order valence-electron chi connectivity index (χ4n) is 1.46. The normalized spacial score (nSPS) is 17.9. The second kappa shape index (κ2) is 4.69. The van der Waals surface area contributed by atoms with Gasteiger partial charge in [-0.25, -0.2) is 4.98 Å². The van der Waals surface area contributed by atoms with Crippen LogP contribution in [0.3, 0.4) is 0 Å². The zero-order valence-electron chi connectivity index (χ0n) is 8.40. The Bertz CT molecular complexity index is 346. The van der Waals surface area contributed by atoms with Crippen LogP contribution in [0.5, 0.6) is 0 Å². The van der Waals surface area contributed by atoms with E-state index in [1.54, 1.807) is 6.20 Å². The van der Waals surface area contributed by atoms with Crippen molar-refractivity contribution in [2.75, 3.05) is 26.3 Å². The van der Waals surface area contributed by atoms with Crippen LogP contribution in [0.1, 0.15) is 9.88 Å². The van der Waals surface area contributed by atoms with Crippen molar-refractivity contribution in [1.82, 2.24) is 9.88 Å². The van der Waals surface area contributed by atoms with Gasteiger partial charge in [0.25, 0.3) is 0 Å². The van der Waals surface area contributed by atoms with Crippen molar-refractivity contribution >= 4 is 17.2 Å². The van der Waals surface area contributed by atoms with Gasteiger partial charge in [0.2, 0.25) is 0 Å². The van der Waals surface area contributed by atoms with Crippen LogP contribution < -0.4 is 5.73 Å². The van der Waals surface area contributed by atoms with E-state index in [1.807, 2.05) is 0 Å². The van der Waals surface area contributed by atoms with Crippen LogP contribution >= 0.6 is 11.3 Å². The summed E-state index contributed by atoms with van der Waals surface area (Å²) in [4.78, 5) is 7.29. The maximum Gasteiger partial charge on any atom is 0.134 e. The van der Waals surface area contributed by atoms with Crippen molar-refractivity contribution in [2.24, 2.45) is 5.73 Å². The lowest BCUT2D eigenvalue weighted by Crippen LogP contribution is -2.35. The second-order valence-corrected chi connectivity index (χ2v) is 4.54. The fourth-order valence-corrected chi connectivity index (χ4v) is 2.28. The first-order valence-electron chi connectivity index (χ1n) is 4.85. The van der Waals surface area contributed by atoms with Crippen LogP contribution in [-0.4, -0.2) is 42.0 Å². The van der Waals surface area contributed by atoms with Gasteiger partial charge in [0, 0.05) is 19.3 Å². The number of nitrogens with zero attached hydrogens (tertiary/aromatic N) is 2. The summed E-state index contributed by atoms with van der Waals surface area (Å²) in [6.45, 7) is 4.33. The molecule has 2 heterocycles. The maximum atomic E-state index is 7.28. The van der Waals surface area contributed by atoms with Crippen LogP contribution in [0.15, 0.2) is 6.20 Å². The Balaban J connectivity index is 1.94. The number of nitrogens with one attached hydrogen (secondary N) is 1. The van der Waals surface area contributed by atoms with E-state index in [9.17, 15) is 0 Å². The Hall–Kier alpha value is -0.980. The van der Waals surface area contributed by atoms with Crippen LogP contribution in [0.25, 0.3) is 0 Å². The van der Waals surface area contributed by atoms with Gasteiger partial charge in [-0.1, -0.05) is 0 Å². The highest BCUT2D eigenvalue weighted by atomic mass is 32.1. The van der Waals surface area contributed by atoms with Crippen LogP contribution in [0.2, 0.25) is 0 Å². The summed E-state index contributed by atoms with van der Waals surface area (Å²) in [7, 11) is 0. The number of ether oxygens (including phenoxy) is 1. The Morgan fingerprint density at radius 3 is 2.93 bits per heavy atom. The van der Waals surface area contributed by atoms with Gasteiger partial charge in [-0.15, -0.1) is 11.3 Å². The van der Waals surface area contributed by atoms with Crippen molar-refractivity contribution in [1.29, 1.82) is 5.41 Å². The van der Waals surface area contributed by atoms with Gasteiger partial charge in [-0.3, -0.25) is 10.3 Å². The fraction of sp³-hybridized carbons (Fsp3) is 0.556. The lowest BCUT2D eigenvalue weighted by atomic mass is 10.4. The van der Waals surface area contributed by atoms with E-state index in [0.29, 0.717) is 0 Å². The summed E-state index contributed by atoms with van der Waals surface area (Å²) in [6, 6.07) is 0. The molecule has 0 spiro atoms. The zero-order valence-corrected chi connectivity index (χ0v) is 9.22. The molecular weight excluding hydrogens is 212 g/mol. The van der Waals surface area contributed by atoms with E-state index in [0.717, 1.165) is 42.7 Å². The average Bonchev–Trinajstić information content (AvgIpc) is 2.68. The van der Waals surface area contributed by atoms with Crippen molar-refractivity contribution in [3.63, 3.8) is 0 Å². The predicted octanol–water partition coefficient (Wildman–Crippen LogP) is 0.259. The smallest absolute Gasteiger partial charge is 0.134 e. The molecule has 15 heavy (non-hydrogen) atoms. The highest BCUT2D eigenvalue weighted by Gasteiger charge is 2.13. The highest BCUT2D eigenvalue weighted by molar-refractivity contribution is 7.13. The van der Waals surface area contributed by atoms with Crippen molar-refractivity contribution < 1.29 is 4.74 Å². The van der Waals surface area contributed by atoms with Crippen molar-refractivity contribution in [2.45, 2.75) is 6.54 Å². The van der Waals surface area contributed by atoms with Gasteiger partial charge in [-0.2, -0.15) is 0 Å². The molecule has 82 valence electrons. The third-order valence-corrected chi connectivity index (χ3v) is 3.30. The largest absolute Gasteiger partial charge is 0.383 e. The Labute approximate surface area is 92.4 Å². The number of thiazole rings is 1. The lowest BCUT2D eigenvalue weighted by Gasteiger charge is -2.25. The molecule has 1 saturated heterocycles. The van der Waals surface area contributed by atoms with Crippen LogP contribution in [0.4, 0.5) is 0 Å². The number of aromatic nitrogens is 1. The maximum absolute atomic E-state index is 7.28. The minimum Gasteiger partial charge on any atom is -0.383 e. The first-order chi connectivity index (χ1) is 7.25. The van der Waals surface area contributed by atoms with Crippen molar-refractivity contribution in [3.05, 3.63) is 16.1 Å². The molecule has 1 aromatic heterocycles. The molecule has 0 saturated carbocycles. The van der Waals surface area contributed by atoms with E-state index < -0.39 is 0 Å². The van der Waals surface area contributed by atoms with Gasteiger partial charge in [0.15, 0.2) is 0 Å². The van der Waals surface area contributed by atoms with E-state index in [-0.39, 0.29) is 5.84 Å². The van der Waals surface area contributed by atoms with Gasteiger partial charge >= 0.3 is 0 Å². The molecule has 0 aromatic carbocycles. The number of nitrogen functional groups attached to an aromatic ring is 1. The van der Waals surface area contributed by atoms with Crippen LogP contribution in [-0.2, 0) is 11.3 Å². The summed E-state index contributed by atoms with van der Waals surface area (Å²) >= 11 is 1.49. The summed E-state index contributed by atoms with van der Waals surface area (Å²) in [5.41, 5.74) is 5.38. The summed E-state index contributed by atoms with van der Waals surface area (Å²) in [5.74, 6) is 0.0979. The molecule has 1 aliphatic rings. The molecule has 0 atom stereocenters. The lowest BCUT2D eigenvalue weighted by molar-refractivity contribution is 0.0341. The molecule has 1 aromatic rings. The first kappa shape index (κ1) is 10.5. The molecule has 0 radical (unpaired) electrons. The SMILES string of the molecule is N=C(N)c1cnc(CN2CCOCC2)s1. The van der Waals surface area contributed by atoms with Crippen LogP contribution in [0, 0.1) is 5.41 Å². The number of morpholine rings is 1. The van der Waals surface area contributed by atoms with Crippen molar-refractivity contribution in [3.8, 4) is 0 Å². The molecule has 0 aliphatic carbocycles. The second-order valence-electron chi connectivity index (χ2n) is 3.42. The number of amidine groups is 1. The molecule has 6 heteroatoms. The standard InChI is InChI=1S/C9H14N4OS/c10-9(11)7-5-12-8(15-7)6-13-1-3-14-4-2-13/h5H,1-4,6H2,(H3,10,11). The summed E-state index contributed by atoms with van der Waals surface area (Å²) in [5, 5.41) is 8.30. The quantitative estimate of drug-likeness (QED) is 0.572. The van der Waals surface area contributed by atoms with Gasteiger partial charge in [0.05, 0.1) is 24.6 Å².